The Labute approximate surface area is 152 Å². The van der Waals surface area contributed by atoms with Gasteiger partial charge in [0.05, 0.1) is 19.4 Å². The van der Waals surface area contributed by atoms with Crippen molar-refractivity contribution in [2.45, 2.75) is 11.8 Å². The summed E-state index contributed by atoms with van der Waals surface area (Å²) in [5.74, 6) is 0.221. The van der Waals surface area contributed by atoms with Crippen molar-refractivity contribution < 1.29 is 13.5 Å². The summed E-state index contributed by atoms with van der Waals surface area (Å²) in [5, 5.41) is 15.1. The van der Waals surface area contributed by atoms with Gasteiger partial charge in [0.2, 0.25) is 0 Å². The molecular formula is C19H19N3O3S. The Morgan fingerprint density at radius 2 is 1.85 bits per heavy atom. The van der Waals surface area contributed by atoms with Gasteiger partial charge >= 0.3 is 0 Å². The first-order valence-corrected chi connectivity index (χ1v) is 9.55. The molecule has 0 amide bonds. The molecule has 1 aliphatic heterocycles. The van der Waals surface area contributed by atoms with Crippen LogP contribution in [0.25, 0.3) is 6.08 Å². The summed E-state index contributed by atoms with van der Waals surface area (Å²) in [6.45, 7) is 1.85. The van der Waals surface area contributed by atoms with Crippen LogP contribution >= 0.6 is 0 Å². The van der Waals surface area contributed by atoms with Gasteiger partial charge in [0.15, 0.2) is 5.84 Å². The maximum atomic E-state index is 12.2. The highest BCUT2D eigenvalue weighted by molar-refractivity contribution is 7.90. The molecule has 0 radical (unpaired) electrons. The molecule has 3 rings (SSSR count). The molecule has 1 N–H and O–H groups in total. The van der Waals surface area contributed by atoms with Crippen molar-refractivity contribution in [3.05, 3.63) is 71.3 Å². The lowest BCUT2D eigenvalue weighted by Crippen LogP contribution is -2.28. The van der Waals surface area contributed by atoms with E-state index < -0.39 is 10.0 Å². The van der Waals surface area contributed by atoms with Gasteiger partial charge in [-0.3, -0.25) is 0 Å². The molecule has 0 bridgehead atoms. The van der Waals surface area contributed by atoms with Crippen molar-refractivity contribution in [3.63, 3.8) is 0 Å². The number of rotatable bonds is 5. The van der Waals surface area contributed by atoms with Crippen LogP contribution in [0.1, 0.15) is 18.1 Å². The number of allylic oxidation sites excluding steroid dienone is 1. The van der Waals surface area contributed by atoms with Crippen LogP contribution in [0.15, 0.2) is 74.6 Å². The van der Waals surface area contributed by atoms with E-state index in [1.165, 1.54) is 11.1 Å². The number of hydrogen-bond donors (Lipinski definition) is 1. The molecule has 0 fully saturated rings. The summed E-state index contributed by atoms with van der Waals surface area (Å²) in [6, 6.07) is 16.4. The fourth-order valence-electron chi connectivity index (χ4n) is 2.60. The average molecular weight is 369 g/mol. The summed E-state index contributed by atoms with van der Waals surface area (Å²) in [7, 11) is -3.73. The number of nitrogens with zero attached hydrogens (tertiary/aromatic N) is 3. The number of amidine groups is 1. The van der Waals surface area contributed by atoms with Crippen LogP contribution < -0.4 is 0 Å². The number of fused-ring (bicyclic) bond motifs is 1. The zero-order chi connectivity index (χ0) is 18.6. The van der Waals surface area contributed by atoms with Gasteiger partial charge in [0.25, 0.3) is 10.0 Å². The minimum absolute atomic E-state index is 0.137. The molecule has 0 spiro atoms. The van der Waals surface area contributed by atoms with Gasteiger partial charge in [0.1, 0.15) is 4.90 Å². The molecule has 2 aromatic carbocycles. The molecule has 1 heterocycles. The Morgan fingerprint density at radius 3 is 2.58 bits per heavy atom. The molecule has 0 aliphatic carbocycles. The topological polar surface area (TPSA) is 82.3 Å². The van der Waals surface area contributed by atoms with Crippen LogP contribution in [-0.4, -0.2) is 43.7 Å². The Bertz CT molecular complexity index is 980. The van der Waals surface area contributed by atoms with Crippen molar-refractivity contribution in [1.29, 1.82) is 0 Å². The molecule has 0 unspecified atom stereocenters. The second-order valence-electron chi connectivity index (χ2n) is 5.78. The molecule has 6 nitrogen and oxygen atoms in total. The van der Waals surface area contributed by atoms with E-state index in [1.807, 2.05) is 43.3 Å². The number of benzene rings is 2. The number of hydrazone groups is 1. The van der Waals surface area contributed by atoms with E-state index in [0.29, 0.717) is 5.56 Å². The van der Waals surface area contributed by atoms with E-state index in [1.54, 1.807) is 24.4 Å². The number of sulfonamides is 1. The zero-order valence-corrected chi connectivity index (χ0v) is 15.1. The highest BCUT2D eigenvalue weighted by atomic mass is 32.2. The highest BCUT2D eigenvalue weighted by Gasteiger charge is 2.31. The Balaban J connectivity index is 1.90. The molecule has 2 aromatic rings. The molecule has 0 atom stereocenters. The van der Waals surface area contributed by atoms with Crippen molar-refractivity contribution >= 4 is 28.1 Å². The van der Waals surface area contributed by atoms with E-state index in [-0.39, 0.29) is 23.9 Å². The summed E-state index contributed by atoms with van der Waals surface area (Å²) in [5.41, 5.74) is 2.41. The molecule has 0 aromatic heterocycles. The predicted molar refractivity (Wildman–Crippen MR) is 103 cm³/mol. The second kappa shape index (κ2) is 7.63. The van der Waals surface area contributed by atoms with Gasteiger partial charge in [-0.25, -0.2) is 5.01 Å². The fourth-order valence-corrected chi connectivity index (χ4v) is 3.80. The van der Waals surface area contributed by atoms with Crippen LogP contribution in [0.3, 0.4) is 0 Å². The van der Waals surface area contributed by atoms with E-state index in [4.69, 9.17) is 0 Å². The maximum absolute atomic E-state index is 12.2. The van der Waals surface area contributed by atoms with E-state index in [0.717, 1.165) is 11.1 Å². The van der Waals surface area contributed by atoms with Crippen molar-refractivity contribution in [3.8, 4) is 0 Å². The maximum Gasteiger partial charge on any atom is 0.285 e. The fraction of sp³-hybridized carbons (Fsp3) is 0.158. The monoisotopic (exact) mass is 369 g/mol. The molecular weight excluding hydrogens is 350 g/mol. The standard InChI is InChI=1S/C19H19N3O3S/c1-15(13-16-7-3-2-4-8-16)14-20-22(11-12-23)19-17-9-5-6-10-18(17)26(24,25)21-19/h2-10,13-14,23H,11-12H2,1H3/b15-13+,20-14-. The number of hydrogen-bond acceptors (Lipinski definition) is 5. The molecule has 1 aliphatic rings. The van der Waals surface area contributed by atoms with Gasteiger partial charge in [-0.1, -0.05) is 48.5 Å². The minimum Gasteiger partial charge on any atom is -0.394 e. The lowest BCUT2D eigenvalue weighted by Gasteiger charge is -2.17. The Morgan fingerprint density at radius 1 is 1.15 bits per heavy atom. The predicted octanol–water partition coefficient (Wildman–Crippen LogP) is 2.52. The summed E-state index contributed by atoms with van der Waals surface area (Å²) < 4.78 is 28.3. The summed E-state index contributed by atoms with van der Waals surface area (Å²) in [6.07, 6.45) is 3.58. The first-order chi connectivity index (χ1) is 12.5. The van der Waals surface area contributed by atoms with Crippen LogP contribution in [0.2, 0.25) is 0 Å². The molecule has 0 saturated heterocycles. The lowest BCUT2D eigenvalue weighted by atomic mass is 10.1. The summed E-state index contributed by atoms with van der Waals surface area (Å²) >= 11 is 0. The molecule has 134 valence electrons. The van der Waals surface area contributed by atoms with E-state index in [2.05, 4.69) is 9.50 Å². The molecule has 7 heteroatoms. The lowest BCUT2D eigenvalue weighted by molar-refractivity contribution is 0.254. The first kappa shape index (κ1) is 18.0. The van der Waals surface area contributed by atoms with Crippen LogP contribution in [0.4, 0.5) is 0 Å². The third kappa shape index (κ3) is 3.89. The average Bonchev–Trinajstić information content (AvgIpc) is 2.91. The third-order valence-electron chi connectivity index (χ3n) is 3.76. The largest absolute Gasteiger partial charge is 0.394 e. The third-order valence-corrected chi connectivity index (χ3v) is 5.09. The minimum atomic E-state index is -3.73. The van der Waals surface area contributed by atoms with Crippen molar-refractivity contribution in [1.82, 2.24) is 5.01 Å². The van der Waals surface area contributed by atoms with E-state index in [9.17, 15) is 13.5 Å². The second-order valence-corrected chi connectivity index (χ2v) is 7.35. The molecule has 0 saturated carbocycles. The van der Waals surface area contributed by atoms with Crippen LogP contribution in [-0.2, 0) is 10.0 Å². The summed E-state index contributed by atoms with van der Waals surface area (Å²) in [4.78, 5) is 0.157. The van der Waals surface area contributed by atoms with Gasteiger partial charge in [-0.15, -0.1) is 4.40 Å². The quantitative estimate of drug-likeness (QED) is 0.648. The van der Waals surface area contributed by atoms with Gasteiger partial charge in [-0.05, 0) is 30.2 Å². The number of aliphatic hydroxyl groups is 1. The Kier molecular flexibility index (Phi) is 5.29. The van der Waals surface area contributed by atoms with Gasteiger partial charge in [0, 0.05) is 5.56 Å². The normalized spacial score (nSPS) is 15.8. The SMILES string of the molecule is CC(/C=N\N(CCO)C1=NS(=O)(=O)c2ccccc21)=C\c1ccccc1. The van der Waals surface area contributed by atoms with Crippen molar-refractivity contribution in [2.24, 2.45) is 9.50 Å². The van der Waals surface area contributed by atoms with Crippen LogP contribution in [0, 0.1) is 0 Å². The zero-order valence-electron chi connectivity index (χ0n) is 14.3. The first-order valence-electron chi connectivity index (χ1n) is 8.11. The number of aliphatic hydroxyl groups excluding tert-OH is 1. The van der Waals surface area contributed by atoms with Crippen LogP contribution in [0.5, 0.6) is 0 Å². The van der Waals surface area contributed by atoms with E-state index >= 15 is 0 Å². The molecule has 26 heavy (non-hydrogen) atoms. The van der Waals surface area contributed by atoms with Crippen molar-refractivity contribution in [2.75, 3.05) is 13.2 Å². The smallest absolute Gasteiger partial charge is 0.285 e. The Hall–Kier alpha value is -2.77. The van der Waals surface area contributed by atoms with Gasteiger partial charge in [-0.2, -0.15) is 13.5 Å². The highest BCUT2D eigenvalue weighted by Crippen LogP contribution is 2.27. The van der Waals surface area contributed by atoms with Gasteiger partial charge < -0.3 is 5.11 Å².